The SMILES string of the molecule is Cc1nn(-c2ccc(Cl)c(Cl)c2)c(C)c1CC(=O)NCc1ccccc1NS(C)(=O)=O. The molecule has 3 aromatic rings. The molecular weight excluding hydrogens is 459 g/mol. The number of sulfonamides is 1. The van der Waals surface area contributed by atoms with Gasteiger partial charge in [-0.05, 0) is 43.7 Å². The average Bonchev–Trinajstić information content (AvgIpc) is 2.96. The molecule has 2 aromatic carbocycles. The van der Waals surface area contributed by atoms with Gasteiger partial charge in [0.2, 0.25) is 15.9 Å². The average molecular weight is 481 g/mol. The minimum absolute atomic E-state index is 0.140. The molecule has 0 spiro atoms. The molecule has 7 nitrogen and oxygen atoms in total. The van der Waals surface area contributed by atoms with Crippen molar-refractivity contribution in [3.63, 3.8) is 0 Å². The van der Waals surface area contributed by atoms with Crippen molar-refractivity contribution in [2.45, 2.75) is 26.8 Å². The summed E-state index contributed by atoms with van der Waals surface area (Å²) in [6, 6.07) is 12.1. The smallest absolute Gasteiger partial charge is 0.229 e. The molecule has 164 valence electrons. The number of halogens is 2. The number of nitrogens with zero attached hydrogens (tertiary/aromatic N) is 2. The number of amides is 1. The summed E-state index contributed by atoms with van der Waals surface area (Å²) in [5.74, 6) is -0.200. The molecule has 0 aliphatic rings. The quantitative estimate of drug-likeness (QED) is 0.533. The lowest BCUT2D eigenvalue weighted by molar-refractivity contribution is -0.120. The van der Waals surface area contributed by atoms with E-state index >= 15 is 0 Å². The molecule has 0 saturated heterocycles. The Kier molecular flexibility index (Phi) is 6.93. The van der Waals surface area contributed by atoms with E-state index in [9.17, 15) is 13.2 Å². The Hall–Kier alpha value is -2.55. The Balaban J connectivity index is 1.74. The minimum atomic E-state index is -3.42. The van der Waals surface area contributed by atoms with E-state index in [-0.39, 0.29) is 18.9 Å². The molecule has 0 atom stereocenters. The summed E-state index contributed by atoms with van der Waals surface area (Å²) in [5, 5.41) is 8.26. The third kappa shape index (κ3) is 5.78. The molecule has 0 radical (unpaired) electrons. The maximum Gasteiger partial charge on any atom is 0.229 e. The van der Waals surface area contributed by atoms with Crippen molar-refractivity contribution in [1.29, 1.82) is 0 Å². The van der Waals surface area contributed by atoms with Crippen LogP contribution in [0.1, 0.15) is 22.5 Å². The zero-order valence-corrected chi connectivity index (χ0v) is 19.6. The Labute approximate surface area is 191 Å². The summed E-state index contributed by atoms with van der Waals surface area (Å²) in [4.78, 5) is 12.6. The second-order valence-corrected chi connectivity index (χ2v) is 9.71. The predicted molar refractivity (Wildman–Crippen MR) is 124 cm³/mol. The fourth-order valence-corrected chi connectivity index (χ4v) is 4.08. The van der Waals surface area contributed by atoms with Gasteiger partial charge < -0.3 is 5.32 Å². The summed E-state index contributed by atoms with van der Waals surface area (Å²) in [7, 11) is -3.42. The summed E-state index contributed by atoms with van der Waals surface area (Å²) >= 11 is 12.1. The van der Waals surface area contributed by atoms with Gasteiger partial charge in [0.15, 0.2) is 0 Å². The highest BCUT2D eigenvalue weighted by Crippen LogP contribution is 2.26. The van der Waals surface area contributed by atoms with Crippen LogP contribution in [0, 0.1) is 13.8 Å². The van der Waals surface area contributed by atoms with Crippen LogP contribution >= 0.6 is 23.2 Å². The van der Waals surface area contributed by atoms with Crippen molar-refractivity contribution in [2.75, 3.05) is 11.0 Å². The lowest BCUT2D eigenvalue weighted by Gasteiger charge is -2.12. The van der Waals surface area contributed by atoms with E-state index in [2.05, 4.69) is 15.1 Å². The molecular formula is C21H22Cl2N4O3S. The van der Waals surface area contributed by atoms with Gasteiger partial charge in [-0.1, -0.05) is 41.4 Å². The van der Waals surface area contributed by atoms with Crippen LogP contribution in [0.5, 0.6) is 0 Å². The highest BCUT2D eigenvalue weighted by Gasteiger charge is 2.17. The molecule has 0 aliphatic heterocycles. The summed E-state index contributed by atoms with van der Waals surface area (Å²) in [6.07, 6.45) is 1.22. The van der Waals surface area contributed by atoms with Crippen molar-refractivity contribution in [3.05, 3.63) is 75.0 Å². The molecule has 1 amide bonds. The Morgan fingerprint density at radius 3 is 2.48 bits per heavy atom. The first kappa shape index (κ1) is 23.1. The molecule has 10 heteroatoms. The zero-order valence-electron chi connectivity index (χ0n) is 17.2. The number of benzene rings is 2. The first-order chi connectivity index (χ1) is 14.5. The van der Waals surface area contributed by atoms with Gasteiger partial charge in [-0.25, -0.2) is 13.1 Å². The summed E-state index contributed by atoms with van der Waals surface area (Å²) in [6.45, 7) is 3.92. The Morgan fingerprint density at radius 1 is 1.10 bits per heavy atom. The zero-order chi connectivity index (χ0) is 22.8. The number of carbonyl (C=O) groups is 1. The van der Waals surface area contributed by atoms with Gasteiger partial charge in [0.05, 0.1) is 39.8 Å². The molecule has 0 saturated carbocycles. The van der Waals surface area contributed by atoms with Crippen LogP contribution in [0.25, 0.3) is 5.69 Å². The van der Waals surface area contributed by atoms with Crippen molar-refractivity contribution >= 4 is 44.8 Å². The fraction of sp³-hybridized carbons (Fsp3) is 0.238. The minimum Gasteiger partial charge on any atom is -0.352 e. The van der Waals surface area contributed by atoms with E-state index in [4.69, 9.17) is 23.2 Å². The molecule has 1 heterocycles. The number of aromatic nitrogens is 2. The van der Waals surface area contributed by atoms with E-state index in [1.54, 1.807) is 41.1 Å². The van der Waals surface area contributed by atoms with Gasteiger partial charge >= 0.3 is 0 Å². The van der Waals surface area contributed by atoms with Gasteiger partial charge in [0.25, 0.3) is 0 Å². The summed E-state index contributed by atoms with van der Waals surface area (Å²) < 4.78 is 27.3. The van der Waals surface area contributed by atoms with Gasteiger partial charge in [0, 0.05) is 17.8 Å². The lowest BCUT2D eigenvalue weighted by atomic mass is 10.1. The molecule has 31 heavy (non-hydrogen) atoms. The number of hydrogen-bond donors (Lipinski definition) is 2. The maximum absolute atomic E-state index is 12.6. The predicted octanol–water partition coefficient (Wildman–Crippen LogP) is 4.03. The van der Waals surface area contributed by atoms with Gasteiger partial charge in [-0.3, -0.25) is 9.52 Å². The molecule has 0 bridgehead atoms. The van der Waals surface area contributed by atoms with Crippen LogP contribution in [0.15, 0.2) is 42.5 Å². The molecule has 0 aliphatic carbocycles. The molecule has 1 aromatic heterocycles. The van der Waals surface area contributed by atoms with Crippen molar-refractivity contribution in [2.24, 2.45) is 0 Å². The molecule has 2 N–H and O–H groups in total. The van der Waals surface area contributed by atoms with E-state index in [1.807, 2.05) is 19.9 Å². The topological polar surface area (TPSA) is 93.1 Å². The van der Waals surface area contributed by atoms with E-state index in [0.29, 0.717) is 21.3 Å². The van der Waals surface area contributed by atoms with Crippen molar-refractivity contribution in [3.8, 4) is 5.69 Å². The van der Waals surface area contributed by atoms with Gasteiger partial charge in [0.1, 0.15) is 0 Å². The number of anilines is 1. The number of para-hydroxylation sites is 1. The number of hydrogen-bond acceptors (Lipinski definition) is 4. The lowest BCUT2D eigenvalue weighted by Crippen LogP contribution is -2.25. The van der Waals surface area contributed by atoms with Crippen LogP contribution < -0.4 is 10.0 Å². The number of carbonyl (C=O) groups excluding carboxylic acids is 1. The second kappa shape index (κ2) is 9.30. The Bertz CT molecular complexity index is 1240. The molecule has 3 rings (SSSR count). The van der Waals surface area contributed by atoms with Crippen molar-refractivity contribution in [1.82, 2.24) is 15.1 Å². The highest BCUT2D eigenvalue weighted by atomic mass is 35.5. The fourth-order valence-electron chi connectivity index (χ4n) is 3.19. The van der Waals surface area contributed by atoms with Crippen LogP contribution in [0.3, 0.4) is 0 Å². The first-order valence-corrected chi connectivity index (χ1v) is 12.0. The highest BCUT2D eigenvalue weighted by molar-refractivity contribution is 7.92. The first-order valence-electron chi connectivity index (χ1n) is 9.38. The normalized spacial score (nSPS) is 11.4. The third-order valence-corrected chi connectivity index (χ3v) is 6.04. The van der Waals surface area contributed by atoms with Crippen molar-refractivity contribution < 1.29 is 13.2 Å². The van der Waals surface area contributed by atoms with Crippen LogP contribution in [-0.2, 0) is 27.8 Å². The van der Waals surface area contributed by atoms with Crippen LogP contribution in [0.4, 0.5) is 5.69 Å². The number of nitrogens with one attached hydrogen (secondary N) is 2. The van der Waals surface area contributed by atoms with Gasteiger partial charge in [-0.2, -0.15) is 5.10 Å². The van der Waals surface area contributed by atoms with E-state index in [1.165, 1.54) is 0 Å². The largest absolute Gasteiger partial charge is 0.352 e. The summed E-state index contributed by atoms with van der Waals surface area (Å²) in [5.41, 5.74) is 4.22. The number of rotatable bonds is 7. The Morgan fingerprint density at radius 2 is 1.81 bits per heavy atom. The second-order valence-electron chi connectivity index (χ2n) is 7.14. The monoisotopic (exact) mass is 480 g/mol. The maximum atomic E-state index is 12.6. The van der Waals surface area contributed by atoms with Crippen LogP contribution in [-0.4, -0.2) is 30.4 Å². The van der Waals surface area contributed by atoms with Crippen LogP contribution in [0.2, 0.25) is 10.0 Å². The van der Waals surface area contributed by atoms with E-state index < -0.39 is 10.0 Å². The number of aryl methyl sites for hydroxylation is 1. The molecule has 0 unspecified atom stereocenters. The molecule has 0 fully saturated rings. The van der Waals surface area contributed by atoms with Gasteiger partial charge in [-0.15, -0.1) is 0 Å². The third-order valence-electron chi connectivity index (χ3n) is 4.71. The standard InChI is InChI=1S/C21H22Cl2N4O3S/c1-13-17(14(2)27(25-13)16-8-9-18(22)19(23)10-16)11-21(28)24-12-15-6-4-5-7-20(15)26-31(3,29)30/h4-10,26H,11-12H2,1-3H3,(H,24,28). The van der Waals surface area contributed by atoms with E-state index in [0.717, 1.165) is 28.9 Å².